The van der Waals surface area contributed by atoms with Gasteiger partial charge in [-0.25, -0.2) is 4.79 Å². The second kappa shape index (κ2) is 10.0. The highest BCUT2D eigenvalue weighted by Crippen LogP contribution is 2.38. The Bertz CT molecular complexity index is 783. The molecule has 3 rings (SSSR count). The number of nitrogens with zero attached hydrogens (tertiary/aromatic N) is 1. The van der Waals surface area contributed by atoms with Crippen LogP contribution in [0.5, 0.6) is 5.75 Å². The second-order valence-electron chi connectivity index (χ2n) is 6.22. The maximum Gasteiger partial charge on any atom is 0.325 e. The number of carbonyl (C=O) groups is 2. The molecule has 2 aromatic carbocycles. The van der Waals surface area contributed by atoms with Gasteiger partial charge in [-0.1, -0.05) is 42.5 Å². The number of esters is 1. The Balaban J connectivity index is 1.56. The van der Waals surface area contributed by atoms with Gasteiger partial charge in [-0.05, 0) is 30.2 Å². The molecule has 1 aliphatic heterocycles. The quantitative estimate of drug-likeness (QED) is 0.720. The van der Waals surface area contributed by atoms with E-state index >= 15 is 0 Å². The largest absolute Gasteiger partial charge is 0.489 e. The van der Waals surface area contributed by atoms with Gasteiger partial charge in [-0.3, -0.25) is 4.79 Å². The average Bonchev–Trinajstić information content (AvgIpc) is 3.22. The first-order valence-corrected chi connectivity index (χ1v) is 10.3. The molecule has 6 nitrogen and oxygen atoms in total. The number of thioether (sulfide) groups is 1. The van der Waals surface area contributed by atoms with Gasteiger partial charge in [0, 0.05) is 12.3 Å². The summed E-state index contributed by atoms with van der Waals surface area (Å²) in [6.45, 7) is 3.07. The van der Waals surface area contributed by atoms with Gasteiger partial charge in [-0.15, -0.1) is 11.8 Å². The maximum atomic E-state index is 12.4. The van der Waals surface area contributed by atoms with E-state index in [0.717, 1.165) is 22.6 Å². The van der Waals surface area contributed by atoms with Gasteiger partial charge in [0.15, 0.2) is 0 Å². The molecule has 1 N–H and O–H groups in total. The van der Waals surface area contributed by atoms with Crippen molar-refractivity contribution in [3.05, 3.63) is 65.7 Å². The summed E-state index contributed by atoms with van der Waals surface area (Å²) in [4.78, 5) is 25.6. The number of nitrogens with one attached hydrogen (secondary N) is 1. The van der Waals surface area contributed by atoms with Crippen LogP contribution in [-0.2, 0) is 16.1 Å². The normalized spacial score (nSPS) is 15.9. The molecule has 1 atom stereocenters. The molecule has 0 saturated carbocycles. The molecule has 28 heavy (non-hydrogen) atoms. The monoisotopic (exact) mass is 400 g/mol. The minimum absolute atomic E-state index is 0.0784. The smallest absolute Gasteiger partial charge is 0.325 e. The Morgan fingerprint density at radius 3 is 2.61 bits per heavy atom. The van der Waals surface area contributed by atoms with E-state index in [2.05, 4.69) is 5.32 Å². The zero-order chi connectivity index (χ0) is 19.8. The van der Waals surface area contributed by atoms with Gasteiger partial charge < -0.3 is 19.7 Å². The molecule has 1 heterocycles. The molecule has 0 bridgehead atoms. The number of amides is 2. The molecular weight excluding hydrogens is 376 g/mol. The van der Waals surface area contributed by atoms with Crippen molar-refractivity contribution in [3.63, 3.8) is 0 Å². The lowest BCUT2D eigenvalue weighted by Gasteiger charge is -2.24. The number of rotatable bonds is 7. The van der Waals surface area contributed by atoms with Crippen LogP contribution in [0.4, 0.5) is 4.79 Å². The molecule has 2 amide bonds. The van der Waals surface area contributed by atoms with Gasteiger partial charge in [0.2, 0.25) is 0 Å². The molecule has 1 aliphatic rings. The van der Waals surface area contributed by atoms with Crippen molar-refractivity contribution in [2.45, 2.75) is 18.9 Å². The third-order valence-corrected chi connectivity index (χ3v) is 5.52. The first kappa shape index (κ1) is 20.1. The number of benzene rings is 2. The third kappa shape index (κ3) is 5.42. The minimum Gasteiger partial charge on any atom is -0.489 e. The van der Waals surface area contributed by atoms with Crippen LogP contribution in [0.3, 0.4) is 0 Å². The third-order valence-electron chi connectivity index (χ3n) is 4.25. The van der Waals surface area contributed by atoms with Crippen LogP contribution in [0.1, 0.15) is 23.4 Å². The molecule has 0 spiro atoms. The van der Waals surface area contributed by atoms with Crippen LogP contribution in [0.2, 0.25) is 0 Å². The molecule has 1 saturated heterocycles. The molecule has 2 aromatic rings. The number of hydrogen-bond donors (Lipinski definition) is 1. The van der Waals surface area contributed by atoms with Gasteiger partial charge in [-0.2, -0.15) is 0 Å². The fraction of sp³-hybridized carbons (Fsp3) is 0.333. The average molecular weight is 401 g/mol. The number of hydrogen-bond acceptors (Lipinski definition) is 5. The van der Waals surface area contributed by atoms with E-state index in [-0.39, 0.29) is 17.9 Å². The van der Waals surface area contributed by atoms with Gasteiger partial charge in [0.1, 0.15) is 24.3 Å². The van der Waals surface area contributed by atoms with Crippen LogP contribution in [0, 0.1) is 0 Å². The summed E-state index contributed by atoms with van der Waals surface area (Å²) < 4.78 is 10.7. The topological polar surface area (TPSA) is 67.9 Å². The van der Waals surface area contributed by atoms with Crippen molar-refractivity contribution >= 4 is 23.8 Å². The summed E-state index contributed by atoms with van der Waals surface area (Å²) in [7, 11) is 0. The number of ether oxygens (including phenoxy) is 2. The lowest BCUT2D eigenvalue weighted by atomic mass is 10.2. The predicted molar refractivity (Wildman–Crippen MR) is 109 cm³/mol. The molecular formula is C21H24N2O4S. The number of urea groups is 1. The fourth-order valence-corrected chi connectivity index (χ4v) is 4.14. The van der Waals surface area contributed by atoms with Crippen molar-refractivity contribution in [2.75, 3.05) is 25.4 Å². The van der Waals surface area contributed by atoms with Gasteiger partial charge >= 0.3 is 12.0 Å². The summed E-state index contributed by atoms with van der Waals surface area (Å²) in [6, 6.07) is 17.6. The van der Waals surface area contributed by atoms with E-state index in [0.29, 0.717) is 19.8 Å². The summed E-state index contributed by atoms with van der Waals surface area (Å²) >= 11 is 1.70. The lowest BCUT2D eigenvalue weighted by molar-refractivity contribution is -0.141. The standard InChI is InChI=1S/C21H24N2O4S/c1-2-26-19(24)14-22-21(25)23-12-13-28-20(23)17-8-10-18(11-9-17)27-15-16-6-4-3-5-7-16/h3-11,20H,2,12-15H2,1H3,(H,22,25). The SMILES string of the molecule is CCOC(=O)CNC(=O)N1CCSC1c1ccc(OCc2ccccc2)cc1. The maximum absolute atomic E-state index is 12.4. The van der Waals surface area contributed by atoms with E-state index in [1.807, 2.05) is 54.6 Å². The van der Waals surface area contributed by atoms with Crippen molar-refractivity contribution < 1.29 is 19.1 Å². The Morgan fingerprint density at radius 2 is 1.89 bits per heavy atom. The second-order valence-corrected chi connectivity index (χ2v) is 7.41. The fourth-order valence-electron chi connectivity index (χ4n) is 2.89. The van der Waals surface area contributed by atoms with E-state index in [9.17, 15) is 9.59 Å². The zero-order valence-electron chi connectivity index (χ0n) is 15.8. The Hall–Kier alpha value is -2.67. The predicted octanol–water partition coefficient (Wildman–Crippen LogP) is 3.59. The van der Waals surface area contributed by atoms with E-state index in [1.165, 1.54) is 0 Å². The van der Waals surface area contributed by atoms with Crippen LogP contribution in [-0.4, -0.2) is 42.3 Å². The van der Waals surface area contributed by atoms with Crippen LogP contribution < -0.4 is 10.1 Å². The van der Waals surface area contributed by atoms with Crippen molar-refractivity contribution in [1.82, 2.24) is 10.2 Å². The first-order chi connectivity index (χ1) is 13.7. The summed E-state index contributed by atoms with van der Waals surface area (Å²) in [5.41, 5.74) is 2.14. The van der Waals surface area contributed by atoms with E-state index < -0.39 is 5.97 Å². The summed E-state index contributed by atoms with van der Waals surface area (Å²) in [5, 5.41) is 2.55. The highest BCUT2D eigenvalue weighted by molar-refractivity contribution is 7.99. The van der Waals surface area contributed by atoms with Crippen LogP contribution in [0.25, 0.3) is 0 Å². The summed E-state index contributed by atoms with van der Waals surface area (Å²) in [6.07, 6.45) is 0. The Kier molecular flexibility index (Phi) is 7.19. The van der Waals surface area contributed by atoms with Crippen LogP contribution in [0.15, 0.2) is 54.6 Å². The van der Waals surface area contributed by atoms with Crippen molar-refractivity contribution in [3.8, 4) is 5.75 Å². The van der Waals surface area contributed by atoms with E-state index in [4.69, 9.17) is 9.47 Å². The highest BCUT2D eigenvalue weighted by Gasteiger charge is 2.30. The molecule has 1 unspecified atom stereocenters. The van der Waals surface area contributed by atoms with Crippen molar-refractivity contribution in [1.29, 1.82) is 0 Å². The molecule has 148 valence electrons. The molecule has 0 radical (unpaired) electrons. The minimum atomic E-state index is -0.431. The number of carbonyl (C=O) groups excluding carboxylic acids is 2. The Labute approximate surface area is 169 Å². The zero-order valence-corrected chi connectivity index (χ0v) is 16.6. The molecule has 0 aliphatic carbocycles. The lowest BCUT2D eigenvalue weighted by Crippen LogP contribution is -2.41. The highest BCUT2D eigenvalue weighted by atomic mass is 32.2. The molecule has 7 heteroatoms. The van der Waals surface area contributed by atoms with Crippen molar-refractivity contribution in [2.24, 2.45) is 0 Å². The molecule has 0 aromatic heterocycles. The van der Waals surface area contributed by atoms with Gasteiger partial charge in [0.25, 0.3) is 0 Å². The van der Waals surface area contributed by atoms with E-state index in [1.54, 1.807) is 23.6 Å². The first-order valence-electron chi connectivity index (χ1n) is 9.25. The summed E-state index contributed by atoms with van der Waals surface area (Å²) in [5.74, 6) is 1.21. The molecule has 1 fully saturated rings. The Morgan fingerprint density at radius 1 is 1.14 bits per heavy atom. The van der Waals surface area contributed by atoms with Crippen LogP contribution >= 0.6 is 11.8 Å². The van der Waals surface area contributed by atoms with Gasteiger partial charge in [0.05, 0.1) is 6.61 Å².